The number of nitrogens with zero attached hydrogens (tertiary/aromatic N) is 1. The minimum Gasteiger partial charge on any atom is -0.329 e. The van der Waals surface area contributed by atoms with E-state index in [1.807, 2.05) is 35.2 Å². The van der Waals surface area contributed by atoms with Gasteiger partial charge in [0.05, 0.1) is 6.04 Å². The summed E-state index contributed by atoms with van der Waals surface area (Å²) >= 11 is 0. The maximum Gasteiger partial charge on any atom is 0.254 e. The molecule has 1 atom stereocenters. The smallest absolute Gasteiger partial charge is 0.254 e. The van der Waals surface area contributed by atoms with Crippen molar-refractivity contribution in [2.24, 2.45) is 0 Å². The Balaban J connectivity index is 0.00000192. The summed E-state index contributed by atoms with van der Waals surface area (Å²) in [7, 11) is 0. The lowest BCUT2D eigenvalue weighted by molar-refractivity contribution is 0.0634. The predicted molar refractivity (Wildman–Crippen MR) is 96.2 cm³/mol. The molecule has 1 aliphatic heterocycles. The summed E-state index contributed by atoms with van der Waals surface area (Å²) in [5, 5.41) is 3.40. The number of aryl methyl sites for hydroxylation is 1. The Kier molecular flexibility index (Phi) is 6.20. The zero-order chi connectivity index (χ0) is 15.4. The molecular formula is C19H23ClN2O. The largest absolute Gasteiger partial charge is 0.329 e. The molecule has 2 aromatic carbocycles. The van der Waals surface area contributed by atoms with Gasteiger partial charge in [-0.15, -0.1) is 12.4 Å². The Morgan fingerprint density at radius 1 is 1.13 bits per heavy atom. The van der Waals surface area contributed by atoms with Crippen LogP contribution in [-0.4, -0.2) is 30.4 Å². The van der Waals surface area contributed by atoms with Crippen molar-refractivity contribution in [2.45, 2.75) is 19.4 Å². The highest BCUT2D eigenvalue weighted by Gasteiger charge is 2.28. The first-order chi connectivity index (χ1) is 10.8. The van der Waals surface area contributed by atoms with E-state index in [2.05, 4.69) is 36.5 Å². The summed E-state index contributed by atoms with van der Waals surface area (Å²) in [5.74, 6) is 0.117. The summed E-state index contributed by atoms with van der Waals surface area (Å²) in [5.41, 5.74) is 3.29. The third kappa shape index (κ3) is 3.92. The van der Waals surface area contributed by atoms with Gasteiger partial charge in [-0.25, -0.2) is 0 Å². The van der Waals surface area contributed by atoms with E-state index in [1.54, 1.807) is 0 Å². The van der Waals surface area contributed by atoms with E-state index in [-0.39, 0.29) is 24.4 Å². The number of halogens is 1. The van der Waals surface area contributed by atoms with Gasteiger partial charge in [-0.3, -0.25) is 4.79 Å². The highest BCUT2D eigenvalue weighted by atomic mass is 35.5. The van der Waals surface area contributed by atoms with Crippen LogP contribution in [0.5, 0.6) is 0 Å². The molecule has 122 valence electrons. The summed E-state index contributed by atoms with van der Waals surface area (Å²) < 4.78 is 0. The molecule has 1 unspecified atom stereocenters. The number of hydrogen-bond acceptors (Lipinski definition) is 2. The minimum atomic E-state index is 0. The van der Waals surface area contributed by atoms with E-state index in [0.717, 1.165) is 31.6 Å². The van der Waals surface area contributed by atoms with Gasteiger partial charge in [-0.2, -0.15) is 0 Å². The van der Waals surface area contributed by atoms with Crippen LogP contribution in [0.1, 0.15) is 34.5 Å². The lowest BCUT2D eigenvalue weighted by Crippen LogP contribution is -2.48. The third-order valence-corrected chi connectivity index (χ3v) is 4.30. The van der Waals surface area contributed by atoms with Crippen LogP contribution in [0, 0.1) is 0 Å². The zero-order valence-electron chi connectivity index (χ0n) is 13.4. The highest BCUT2D eigenvalue weighted by Crippen LogP contribution is 2.24. The number of piperazine rings is 1. The molecule has 0 aliphatic carbocycles. The van der Waals surface area contributed by atoms with Gasteiger partial charge in [0.1, 0.15) is 0 Å². The number of hydrogen-bond donors (Lipinski definition) is 1. The molecule has 3 rings (SSSR count). The van der Waals surface area contributed by atoms with Crippen LogP contribution in [0.15, 0.2) is 54.6 Å². The van der Waals surface area contributed by atoms with Crippen molar-refractivity contribution in [3.8, 4) is 0 Å². The fourth-order valence-corrected chi connectivity index (χ4v) is 2.97. The van der Waals surface area contributed by atoms with Crippen LogP contribution < -0.4 is 5.32 Å². The lowest BCUT2D eigenvalue weighted by atomic mass is 10.00. The number of rotatable bonds is 3. The minimum absolute atomic E-state index is 0. The van der Waals surface area contributed by atoms with Crippen molar-refractivity contribution in [2.75, 3.05) is 19.6 Å². The van der Waals surface area contributed by atoms with E-state index in [1.165, 1.54) is 11.1 Å². The second-order valence-electron chi connectivity index (χ2n) is 5.68. The van der Waals surface area contributed by atoms with Crippen molar-refractivity contribution in [1.29, 1.82) is 0 Å². The second kappa shape index (κ2) is 8.14. The first kappa shape index (κ1) is 17.5. The standard InChI is InChI=1S/C19H22N2O.ClH/c1-2-15-8-10-16(11-9-15)18-14-20-12-13-21(18)19(22)17-6-4-3-5-7-17;/h3-11,18,20H,2,12-14H2,1H3;1H. The van der Waals surface area contributed by atoms with Gasteiger partial charge in [0.2, 0.25) is 0 Å². The second-order valence-corrected chi connectivity index (χ2v) is 5.68. The maximum absolute atomic E-state index is 12.8. The Bertz CT molecular complexity index is 628. The molecule has 1 heterocycles. The van der Waals surface area contributed by atoms with Crippen LogP contribution in [0.3, 0.4) is 0 Å². The average Bonchev–Trinajstić information content (AvgIpc) is 2.62. The fraction of sp³-hybridized carbons (Fsp3) is 0.316. The monoisotopic (exact) mass is 330 g/mol. The predicted octanol–water partition coefficient (Wildman–Crippen LogP) is 3.46. The summed E-state index contributed by atoms with van der Waals surface area (Å²) in [6.07, 6.45) is 1.04. The number of carbonyl (C=O) groups is 1. The number of benzene rings is 2. The maximum atomic E-state index is 12.8. The average molecular weight is 331 g/mol. The molecule has 0 saturated carbocycles. The third-order valence-electron chi connectivity index (χ3n) is 4.30. The SMILES string of the molecule is CCc1ccc(C2CNCCN2C(=O)c2ccccc2)cc1.Cl. The number of amides is 1. The molecule has 1 fully saturated rings. The molecule has 0 bridgehead atoms. The van der Waals surface area contributed by atoms with Gasteiger partial charge >= 0.3 is 0 Å². The van der Waals surface area contributed by atoms with Crippen molar-refractivity contribution in [3.05, 3.63) is 71.3 Å². The Hall–Kier alpha value is -1.84. The molecular weight excluding hydrogens is 308 g/mol. The summed E-state index contributed by atoms with van der Waals surface area (Å²) in [6, 6.07) is 18.3. The molecule has 1 N–H and O–H groups in total. The van der Waals surface area contributed by atoms with E-state index < -0.39 is 0 Å². The van der Waals surface area contributed by atoms with Gasteiger partial charge in [0.15, 0.2) is 0 Å². The fourth-order valence-electron chi connectivity index (χ4n) is 2.97. The van der Waals surface area contributed by atoms with E-state index in [4.69, 9.17) is 0 Å². The van der Waals surface area contributed by atoms with Crippen LogP contribution in [-0.2, 0) is 6.42 Å². The highest BCUT2D eigenvalue weighted by molar-refractivity contribution is 5.94. The molecule has 0 aromatic heterocycles. The molecule has 0 radical (unpaired) electrons. The quantitative estimate of drug-likeness (QED) is 0.934. The van der Waals surface area contributed by atoms with E-state index in [9.17, 15) is 4.79 Å². The topological polar surface area (TPSA) is 32.3 Å². The van der Waals surface area contributed by atoms with Crippen molar-refractivity contribution in [1.82, 2.24) is 10.2 Å². The van der Waals surface area contributed by atoms with Crippen LogP contribution in [0.4, 0.5) is 0 Å². The molecule has 0 spiro atoms. The van der Waals surface area contributed by atoms with Gasteiger partial charge in [-0.1, -0.05) is 49.4 Å². The van der Waals surface area contributed by atoms with Crippen molar-refractivity contribution < 1.29 is 4.79 Å². The normalized spacial score (nSPS) is 17.4. The molecule has 2 aromatic rings. The Labute approximate surface area is 144 Å². The van der Waals surface area contributed by atoms with Crippen LogP contribution in [0.2, 0.25) is 0 Å². The lowest BCUT2D eigenvalue weighted by Gasteiger charge is -2.36. The first-order valence-electron chi connectivity index (χ1n) is 7.95. The van der Waals surface area contributed by atoms with E-state index >= 15 is 0 Å². The van der Waals surface area contributed by atoms with Crippen LogP contribution >= 0.6 is 12.4 Å². The number of nitrogens with one attached hydrogen (secondary N) is 1. The molecule has 4 heteroatoms. The summed E-state index contributed by atoms with van der Waals surface area (Å²) in [6.45, 7) is 4.56. The summed E-state index contributed by atoms with van der Waals surface area (Å²) in [4.78, 5) is 14.8. The van der Waals surface area contributed by atoms with E-state index in [0.29, 0.717) is 0 Å². The number of carbonyl (C=O) groups excluding carboxylic acids is 1. The zero-order valence-corrected chi connectivity index (χ0v) is 14.2. The van der Waals surface area contributed by atoms with Gasteiger partial charge < -0.3 is 10.2 Å². The van der Waals surface area contributed by atoms with Crippen LogP contribution in [0.25, 0.3) is 0 Å². The Morgan fingerprint density at radius 2 is 1.83 bits per heavy atom. The first-order valence-corrected chi connectivity index (χ1v) is 7.95. The van der Waals surface area contributed by atoms with Gasteiger partial charge in [-0.05, 0) is 29.7 Å². The molecule has 1 amide bonds. The molecule has 1 saturated heterocycles. The molecule has 3 nitrogen and oxygen atoms in total. The van der Waals surface area contributed by atoms with Crippen molar-refractivity contribution in [3.63, 3.8) is 0 Å². The van der Waals surface area contributed by atoms with Crippen molar-refractivity contribution >= 4 is 18.3 Å². The Morgan fingerprint density at radius 3 is 2.48 bits per heavy atom. The molecule has 1 aliphatic rings. The molecule has 23 heavy (non-hydrogen) atoms. The van der Waals surface area contributed by atoms with Gasteiger partial charge in [0, 0.05) is 25.2 Å². The van der Waals surface area contributed by atoms with Gasteiger partial charge in [0.25, 0.3) is 5.91 Å².